The van der Waals surface area contributed by atoms with Gasteiger partial charge in [-0.3, -0.25) is 4.79 Å². The minimum atomic E-state index is -0.164. The molecule has 1 amide bonds. The second kappa shape index (κ2) is 6.55. The third-order valence-corrected chi connectivity index (χ3v) is 5.88. The molecule has 4 rings (SSSR count). The van der Waals surface area contributed by atoms with Crippen molar-refractivity contribution in [1.29, 1.82) is 0 Å². The van der Waals surface area contributed by atoms with Gasteiger partial charge in [0.1, 0.15) is 6.04 Å². The molecule has 0 saturated carbocycles. The number of thiazole rings is 1. The van der Waals surface area contributed by atoms with Crippen LogP contribution in [0.25, 0.3) is 10.2 Å². The van der Waals surface area contributed by atoms with E-state index in [2.05, 4.69) is 23.5 Å². The lowest BCUT2D eigenvalue weighted by molar-refractivity contribution is -0.137. The fourth-order valence-corrected chi connectivity index (χ4v) is 4.49. The van der Waals surface area contributed by atoms with Gasteiger partial charge < -0.3 is 15.0 Å². The number of para-hydroxylation sites is 1. The third kappa shape index (κ3) is 3.11. The molecule has 1 N–H and O–H groups in total. The predicted molar refractivity (Wildman–Crippen MR) is 90.8 cm³/mol. The maximum absolute atomic E-state index is 12.5. The summed E-state index contributed by atoms with van der Waals surface area (Å²) in [5.41, 5.74) is 1.09. The number of rotatable bonds is 2. The SMILES string of the molecule is O=C(C1COCCN1)N1CCC(c2nc3ccccc3s2)CC1. The summed E-state index contributed by atoms with van der Waals surface area (Å²) in [6, 6.07) is 8.13. The molecule has 5 nitrogen and oxygen atoms in total. The predicted octanol–water partition coefficient (Wildman–Crippen LogP) is 1.99. The Morgan fingerprint density at radius 1 is 1.30 bits per heavy atom. The second-order valence-corrected chi connectivity index (χ2v) is 7.26. The number of carbonyl (C=O) groups is 1. The fraction of sp³-hybridized carbons (Fsp3) is 0.529. The second-order valence-electron chi connectivity index (χ2n) is 6.20. The lowest BCUT2D eigenvalue weighted by Gasteiger charge is -2.34. The maximum atomic E-state index is 12.5. The first-order valence-corrected chi connectivity index (χ1v) is 9.08. The lowest BCUT2D eigenvalue weighted by Crippen LogP contribution is -2.53. The molecule has 0 radical (unpaired) electrons. The van der Waals surface area contributed by atoms with E-state index >= 15 is 0 Å². The van der Waals surface area contributed by atoms with Crippen LogP contribution in [0, 0.1) is 0 Å². The van der Waals surface area contributed by atoms with Crippen molar-refractivity contribution in [2.24, 2.45) is 0 Å². The molecule has 2 fully saturated rings. The number of aromatic nitrogens is 1. The van der Waals surface area contributed by atoms with E-state index in [0.29, 0.717) is 19.1 Å². The van der Waals surface area contributed by atoms with Crippen LogP contribution in [0.4, 0.5) is 0 Å². The minimum Gasteiger partial charge on any atom is -0.378 e. The molecule has 2 aliphatic heterocycles. The minimum absolute atomic E-state index is 0.164. The third-order valence-electron chi connectivity index (χ3n) is 4.69. The molecule has 1 unspecified atom stereocenters. The van der Waals surface area contributed by atoms with E-state index in [0.717, 1.165) is 38.0 Å². The highest BCUT2D eigenvalue weighted by molar-refractivity contribution is 7.18. The molecule has 3 heterocycles. The van der Waals surface area contributed by atoms with Crippen molar-refractivity contribution in [1.82, 2.24) is 15.2 Å². The topological polar surface area (TPSA) is 54.5 Å². The van der Waals surface area contributed by atoms with E-state index in [1.165, 1.54) is 9.71 Å². The van der Waals surface area contributed by atoms with Gasteiger partial charge in [-0.25, -0.2) is 4.98 Å². The molecule has 2 aliphatic rings. The van der Waals surface area contributed by atoms with Crippen molar-refractivity contribution in [3.63, 3.8) is 0 Å². The van der Waals surface area contributed by atoms with Crippen LogP contribution in [-0.2, 0) is 9.53 Å². The van der Waals surface area contributed by atoms with Crippen LogP contribution in [0.2, 0.25) is 0 Å². The molecule has 2 aromatic rings. The molecular formula is C17H21N3O2S. The number of carbonyl (C=O) groups excluding carboxylic acids is 1. The average molecular weight is 331 g/mol. The molecule has 1 aromatic carbocycles. The zero-order chi connectivity index (χ0) is 15.6. The van der Waals surface area contributed by atoms with Gasteiger partial charge in [-0.2, -0.15) is 0 Å². The summed E-state index contributed by atoms with van der Waals surface area (Å²) in [4.78, 5) is 19.3. The van der Waals surface area contributed by atoms with E-state index in [1.54, 1.807) is 11.3 Å². The number of morpholine rings is 1. The summed E-state index contributed by atoms with van der Waals surface area (Å²) in [6.45, 7) is 3.59. The highest BCUT2D eigenvalue weighted by Gasteiger charge is 2.30. The monoisotopic (exact) mass is 331 g/mol. The Bertz CT molecular complexity index is 655. The molecule has 6 heteroatoms. The first-order chi connectivity index (χ1) is 11.3. The molecule has 0 bridgehead atoms. The maximum Gasteiger partial charge on any atom is 0.242 e. The van der Waals surface area contributed by atoms with Crippen molar-refractivity contribution < 1.29 is 9.53 Å². The molecular weight excluding hydrogens is 310 g/mol. The normalized spacial score (nSPS) is 23.3. The fourth-order valence-electron chi connectivity index (χ4n) is 3.36. The summed E-state index contributed by atoms with van der Waals surface area (Å²) >= 11 is 1.79. The van der Waals surface area contributed by atoms with Crippen LogP contribution in [0.3, 0.4) is 0 Å². The largest absolute Gasteiger partial charge is 0.378 e. The average Bonchev–Trinajstić information content (AvgIpc) is 3.06. The number of likely N-dealkylation sites (tertiary alicyclic amines) is 1. The van der Waals surface area contributed by atoms with Crippen LogP contribution < -0.4 is 5.32 Å². The first kappa shape index (κ1) is 15.1. The van der Waals surface area contributed by atoms with E-state index in [-0.39, 0.29) is 11.9 Å². The summed E-state index contributed by atoms with van der Waals surface area (Å²) in [6.07, 6.45) is 2.00. The summed E-state index contributed by atoms with van der Waals surface area (Å²) in [5.74, 6) is 0.666. The van der Waals surface area contributed by atoms with Crippen molar-refractivity contribution in [3.8, 4) is 0 Å². The number of fused-ring (bicyclic) bond motifs is 1. The van der Waals surface area contributed by atoms with Crippen LogP contribution in [-0.4, -0.2) is 54.7 Å². The van der Waals surface area contributed by atoms with Crippen molar-refractivity contribution in [2.45, 2.75) is 24.8 Å². The zero-order valence-electron chi connectivity index (χ0n) is 13.0. The Morgan fingerprint density at radius 3 is 2.87 bits per heavy atom. The van der Waals surface area contributed by atoms with E-state index in [1.807, 2.05) is 11.0 Å². The Labute approximate surface area is 139 Å². The van der Waals surface area contributed by atoms with Gasteiger partial charge in [-0.05, 0) is 25.0 Å². The number of ether oxygens (including phenoxy) is 1. The molecule has 0 spiro atoms. The Kier molecular flexibility index (Phi) is 4.29. The van der Waals surface area contributed by atoms with Crippen molar-refractivity contribution in [3.05, 3.63) is 29.3 Å². The van der Waals surface area contributed by atoms with Crippen LogP contribution in [0.15, 0.2) is 24.3 Å². The van der Waals surface area contributed by atoms with E-state index in [9.17, 15) is 4.79 Å². The lowest BCUT2D eigenvalue weighted by atomic mass is 9.97. The number of hydrogen-bond donors (Lipinski definition) is 1. The molecule has 1 atom stereocenters. The van der Waals surface area contributed by atoms with Gasteiger partial charge >= 0.3 is 0 Å². The van der Waals surface area contributed by atoms with Gasteiger partial charge in [-0.15, -0.1) is 11.3 Å². The molecule has 1 aromatic heterocycles. The quantitative estimate of drug-likeness (QED) is 0.914. The van der Waals surface area contributed by atoms with Crippen molar-refractivity contribution >= 4 is 27.5 Å². The van der Waals surface area contributed by atoms with Gasteiger partial charge in [0.15, 0.2) is 0 Å². The smallest absolute Gasteiger partial charge is 0.242 e. The van der Waals surface area contributed by atoms with E-state index < -0.39 is 0 Å². The number of nitrogens with one attached hydrogen (secondary N) is 1. The molecule has 23 heavy (non-hydrogen) atoms. The van der Waals surface area contributed by atoms with Gasteiger partial charge in [0.2, 0.25) is 5.91 Å². The highest BCUT2D eigenvalue weighted by Crippen LogP contribution is 2.33. The van der Waals surface area contributed by atoms with Gasteiger partial charge in [-0.1, -0.05) is 12.1 Å². The Morgan fingerprint density at radius 2 is 2.13 bits per heavy atom. The van der Waals surface area contributed by atoms with Crippen LogP contribution in [0.1, 0.15) is 23.8 Å². The van der Waals surface area contributed by atoms with Crippen molar-refractivity contribution in [2.75, 3.05) is 32.8 Å². The van der Waals surface area contributed by atoms with Gasteiger partial charge in [0.25, 0.3) is 0 Å². The van der Waals surface area contributed by atoms with Crippen LogP contribution in [0.5, 0.6) is 0 Å². The standard InChI is InChI=1S/C17H21N3O2S/c21-17(14-11-22-10-7-18-14)20-8-5-12(6-9-20)16-19-13-3-1-2-4-15(13)23-16/h1-4,12,14,18H,5-11H2. The van der Waals surface area contributed by atoms with Gasteiger partial charge in [0, 0.05) is 25.6 Å². The van der Waals surface area contributed by atoms with Crippen LogP contribution >= 0.6 is 11.3 Å². The number of piperidine rings is 1. The summed E-state index contributed by atoms with van der Waals surface area (Å²) in [5, 5.41) is 4.47. The number of benzene rings is 1. The van der Waals surface area contributed by atoms with E-state index in [4.69, 9.17) is 9.72 Å². The molecule has 122 valence electrons. The number of nitrogens with zero attached hydrogens (tertiary/aromatic N) is 2. The zero-order valence-corrected chi connectivity index (χ0v) is 13.8. The number of hydrogen-bond acceptors (Lipinski definition) is 5. The Hall–Kier alpha value is -1.50. The van der Waals surface area contributed by atoms with Gasteiger partial charge in [0.05, 0.1) is 28.4 Å². The summed E-state index contributed by atoms with van der Waals surface area (Å²) in [7, 11) is 0. The number of amides is 1. The Balaban J connectivity index is 1.39. The summed E-state index contributed by atoms with van der Waals surface area (Å²) < 4.78 is 6.65. The first-order valence-electron chi connectivity index (χ1n) is 8.26. The molecule has 2 saturated heterocycles. The molecule has 0 aliphatic carbocycles. The highest BCUT2D eigenvalue weighted by atomic mass is 32.1.